The third kappa shape index (κ3) is 5.78. The van der Waals surface area contributed by atoms with Crippen LogP contribution in [0, 0.1) is 0 Å². The van der Waals surface area contributed by atoms with Crippen molar-refractivity contribution in [1.29, 1.82) is 0 Å². The van der Waals surface area contributed by atoms with E-state index < -0.39 is 9.84 Å². The lowest BCUT2D eigenvalue weighted by atomic mass is 10.4. The highest BCUT2D eigenvalue weighted by Crippen LogP contribution is 2.11. The van der Waals surface area contributed by atoms with Gasteiger partial charge in [0.05, 0.1) is 11.5 Å². The van der Waals surface area contributed by atoms with Crippen LogP contribution in [0.5, 0.6) is 0 Å². The van der Waals surface area contributed by atoms with Crippen LogP contribution in [0.15, 0.2) is 0 Å². The van der Waals surface area contributed by atoms with Gasteiger partial charge >= 0.3 is 0 Å². The summed E-state index contributed by atoms with van der Waals surface area (Å²) in [6, 6.07) is 0. The Hall–Kier alpha value is 0.260. The van der Waals surface area contributed by atoms with Crippen LogP contribution in [0.25, 0.3) is 0 Å². The summed E-state index contributed by atoms with van der Waals surface area (Å²) in [5.41, 5.74) is 0. The molecule has 3 nitrogen and oxygen atoms in total. The second kappa shape index (κ2) is 6.11. The first kappa shape index (κ1) is 13.3. The molecule has 0 saturated carbocycles. The molecule has 0 aliphatic carbocycles. The van der Waals surface area contributed by atoms with Crippen LogP contribution in [-0.4, -0.2) is 55.5 Å². The summed E-state index contributed by atoms with van der Waals surface area (Å²) in [4.78, 5) is 2.27. The Morgan fingerprint density at radius 2 is 1.87 bits per heavy atom. The summed E-state index contributed by atoms with van der Waals surface area (Å²) in [6.45, 7) is 6.93. The monoisotopic (exact) mass is 251 g/mol. The highest BCUT2D eigenvalue weighted by atomic mass is 32.2. The smallest absolute Gasteiger partial charge is 0.152 e. The van der Waals surface area contributed by atoms with Crippen LogP contribution in [0.3, 0.4) is 0 Å². The second-order valence-corrected chi connectivity index (χ2v) is 8.25. The topological polar surface area (TPSA) is 37.4 Å². The number of sulfone groups is 1. The SMILES string of the molecule is CC(C)SCCCN1CCS(=O)(=O)CC1. The van der Waals surface area contributed by atoms with Crippen molar-refractivity contribution in [3.63, 3.8) is 0 Å². The van der Waals surface area contributed by atoms with Gasteiger partial charge in [-0.15, -0.1) is 0 Å². The summed E-state index contributed by atoms with van der Waals surface area (Å²) in [7, 11) is -2.71. The fourth-order valence-electron chi connectivity index (χ4n) is 1.58. The van der Waals surface area contributed by atoms with Crippen molar-refractivity contribution >= 4 is 21.6 Å². The lowest BCUT2D eigenvalue weighted by Crippen LogP contribution is -2.40. The van der Waals surface area contributed by atoms with Gasteiger partial charge in [0, 0.05) is 13.1 Å². The molecular weight excluding hydrogens is 230 g/mol. The molecule has 1 aliphatic rings. The average Bonchev–Trinajstić information content (AvgIpc) is 2.14. The highest BCUT2D eigenvalue weighted by Gasteiger charge is 2.20. The molecule has 0 radical (unpaired) electrons. The normalized spacial score (nSPS) is 22.1. The van der Waals surface area contributed by atoms with Gasteiger partial charge < -0.3 is 4.90 Å². The standard InChI is InChI=1S/C10H21NO2S2/c1-10(2)14-7-3-4-11-5-8-15(12,13)9-6-11/h10H,3-9H2,1-2H3. The zero-order chi connectivity index (χ0) is 11.3. The summed E-state index contributed by atoms with van der Waals surface area (Å²) in [6.07, 6.45) is 1.17. The van der Waals surface area contributed by atoms with E-state index in [2.05, 4.69) is 18.7 Å². The number of thioether (sulfide) groups is 1. The van der Waals surface area contributed by atoms with Crippen molar-refractivity contribution in [2.24, 2.45) is 0 Å². The van der Waals surface area contributed by atoms with E-state index in [0.717, 1.165) is 19.6 Å². The molecule has 1 aliphatic heterocycles. The van der Waals surface area contributed by atoms with Crippen molar-refractivity contribution in [3.8, 4) is 0 Å². The van der Waals surface area contributed by atoms with Crippen molar-refractivity contribution in [2.75, 3.05) is 36.9 Å². The molecule has 0 N–H and O–H groups in total. The lowest BCUT2D eigenvalue weighted by Gasteiger charge is -2.26. The van der Waals surface area contributed by atoms with Gasteiger partial charge in [-0.3, -0.25) is 0 Å². The molecule has 0 spiro atoms. The molecule has 1 saturated heterocycles. The molecule has 0 unspecified atom stereocenters. The van der Waals surface area contributed by atoms with E-state index in [1.165, 1.54) is 12.2 Å². The van der Waals surface area contributed by atoms with E-state index >= 15 is 0 Å². The number of rotatable bonds is 5. The van der Waals surface area contributed by atoms with Crippen molar-refractivity contribution < 1.29 is 8.42 Å². The third-order valence-electron chi connectivity index (χ3n) is 2.51. The number of hydrogen-bond acceptors (Lipinski definition) is 4. The van der Waals surface area contributed by atoms with E-state index in [-0.39, 0.29) is 0 Å². The molecule has 0 aromatic rings. The average molecular weight is 251 g/mol. The van der Waals surface area contributed by atoms with Gasteiger partial charge in [-0.2, -0.15) is 11.8 Å². The first-order valence-corrected chi connectivity index (χ1v) is 8.41. The number of nitrogens with zero attached hydrogens (tertiary/aromatic N) is 1. The van der Waals surface area contributed by atoms with Crippen LogP contribution >= 0.6 is 11.8 Å². The Morgan fingerprint density at radius 3 is 2.40 bits per heavy atom. The first-order valence-electron chi connectivity index (χ1n) is 5.54. The highest BCUT2D eigenvalue weighted by molar-refractivity contribution is 7.99. The zero-order valence-electron chi connectivity index (χ0n) is 9.61. The summed E-state index contributed by atoms with van der Waals surface area (Å²) in [5.74, 6) is 1.88. The Labute approximate surface area is 97.5 Å². The van der Waals surface area contributed by atoms with E-state index in [0.29, 0.717) is 16.8 Å². The molecule has 1 fully saturated rings. The molecule has 90 valence electrons. The lowest BCUT2D eigenvalue weighted by molar-refractivity contribution is 0.297. The van der Waals surface area contributed by atoms with Crippen molar-refractivity contribution in [3.05, 3.63) is 0 Å². The van der Waals surface area contributed by atoms with Crippen LogP contribution < -0.4 is 0 Å². The minimum Gasteiger partial charge on any atom is -0.301 e. The van der Waals surface area contributed by atoms with Crippen molar-refractivity contribution in [2.45, 2.75) is 25.5 Å². The largest absolute Gasteiger partial charge is 0.301 e. The summed E-state index contributed by atoms with van der Waals surface area (Å²) < 4.78 is 22.4. The van der Waals surface area contributed by atoms with Crippen LogP contribution in [0.1, 0.15) is 20.3 Å². The van der Waals surface area contributed by atoms with Crippen molar-refractivity contribution in [1.82, 2.24) is 4.90 Å². The summed E-state index contributed by atoms with van der Waals surface area (Å²) >= 11 is 1.97. The summed E-state index contributed by atoms with van der Waals surface area (Å²) in [5, 5.41) is 0.701. The van der Waals surface area contributed by atoms with Gasteiger partial charge in [-0.25, -0.2) is 8.42 Å². The van der Waals surface area contributed by atoms with E-state index in [4.69, 9.17) is 0 Å². The maximum absolute atomic E-state index is 11.2. The Kier molecular flexibility index (Phi) is 5.43. The molecule has 0 aromatic heterocycles. The molecule has 1 heterocycles. The Balaban J connectivity index is 2.09. The molecule has 1 rings (SSSR count). The van der Waals surface area contributed by atoms with E-state index in [9.17, 15) is 8.42 Å². The molecule has 0 amide bonds. The maximum atomic E-state index is 11.2. The van der Waals surface area contributed by atoms with Gasteiger partial charge in [0.1, 0.15) is 0 Å². The predicted molar refractivity (Wildman–Crippen MR) is 67.3 cm³/mol. The zero-order valence-corrected chi connectivity index (χ0v) is 11.2. The Bertz CT molecular complexity index is 261. The fraction of sp³-hybridized carbons (Fsp3) is 1.00. The maximum Gasteiger partial charge on any atom is 0.152 e. The van der Waals surface area contributed by atoms with E-state index in [1.807, 2.05) is 11.8 Å². The Morgan fingerprint density at radius 1 is 1.27 bits per heavy atom. The quantitative estimate of drug-likeness (QED) is 0.689. The van der Waals surface area contributed by atoms with Gasteiger partial charge in [0.2, 0.25) is 0 Å². The van der Waals surface area contributed by atoms with Gasteiger partial charge in [-0.1, -0.05) is 13.8 Å². The van der Waals surface area contributed by atoms with Crippen LogP contribution in [0.4, 0.5) is 0 Å². The van der Waals surface area contributed by atoms with Crippen LogP contribution in [-0.2, 0) is 9.84 Å². The number of hydrogen-bond donors (Lipinski definition) is 0. The molecule has 15 heavy (non-hydrogen) atoms. The molecule has 0 aromatic carbocycles. The molecule has 5 heteroatoms. The van der Waals surface area contributed by atoms with E-state index in [1.54, 1.807) is 0 Å². The minimum absolute atomic E-state index is 0.352. The second-order valence-electron chi connectivity index (χ2n) is 4.27. The minimum atomic E-state index is -2.71. The van der Waals surface area contributed by atoms with Crippen LogP contribution in [0.2, 0.25) is 0 Å². The molecular formula is C10H21NO2S2. The predicted octanol–water partition coefficient (Wildman–Crippen LogP) is 1.25. The van der Waals surface area contributed by atoms with Gasteiger partial charge in [-0.05, 0) is 24.0 Å². The fourth-order valence-corrected chi connectivity index (χ4v) is 3.63. The van der Waals surface area contributed by atoms with Gasteiger partial charge in [0.25, 0.3) is 0 Å². The van der Waals surface area contributed by atoms with Gasteiger partial charge in [0.15, 0.2) is 9.84 Å². The molecule has 0 atom stereocenters. The third-order valence-corrected chi connectivity index (χ3v) is 5.31. The molecule has 0 bridgehead atoms. The first-order chi connectivity index (χ1) is 6.99.